The molecule has 0 aliphatic carbocycles. The van der Waals surface area contributed by atoms with Crippen LogP contribution in [0.15, 0.2) is 0 Å². The Morgan fingerprint density at radius 2 is 1.47 bits per heavy atom. The normalized spacial score (nSPS) is 13.6. The third kappa shape index (κ3) is 3.38. The smallest absolute Gasteiger partial charge is 0.427 e. The van der Waals surface area contributed by atoms with Gasteiger partial charge >= 0.3 is 23.2 Å². The zero-order chi connectivity index (χ0) is 13.9. The van der Waals surface area contributed by atoms with Crippen LogP contribution in [-0.4, -0.2) is 43.5 Å². The van der Waals surface area contributed by atoms with Gasteiger partial charge in [0.05, 0.1) is 6.61 Å². The topological polar surface area (TPSA) is 35.5 Å². The van der Waals surface area contributed by atoms with E-state index in [1.807, 2.05) is 0 Å². The fourth-order valence-corrected chi connectivity index (χ4v) is 0.764. The Labute approximate surface area is 96.6 Å². The van der Waals surface area contributed by atoms with Gasteiger partial charge < -0.3 is 9.47 Å². The summed E-state index contributed by atoms with van der Waals surface area (Å²) in [5.41, 5.74) is 0. The van der Waals surface area contributed by atoms with Crippen molar-refractivity contribution in [2.24, 2.45) is 0 Å². The molecule has 17 heavy (non-hydrogen) atoms. The molecular formula is C7H7ClF6O3. The summed E-state index contributed by atoms with van der Waals surface area (Å²) in [6.45, 7) is -1.12. The van der Waals surface area contributed by atoms with Gasteiger partial charge in [-0.25, -0.2) is 4.79 Å². The number of ether oxygens (including phenoxy) is 2. The highest BCUT2D eigenvalue weighted by Gasteiger charge is 2.76. The monoisotopic (exact) mass is 288 g/mol. The molecule has 0 saturated heterocycles. The first-order valence-electron chi connectivity index (χ1n) is 3.97. The summed E-state index contributed by atoms with van der Waals surface area (Å²) in [6, 6.07) is 0. The molecule has 0 aliphatic rings. The first-order chi connectivity index (χ1) is 7.48. The number of halogens is 7. The van der Waals surface area contributed by atoms with Crippen LogP contribution in [0.3, 0.4) is 0 Å². The molecular weight excluding hydrogens is 282 g/mol. The lowest BCUT2D eigenvalue weighted by Gasteiger charge is -2.29. The molecule has 3 nitrogen and oxygen atoms in total. The van der Waals surface area contributed by atoms with Crippen molar-refractivity contribution in [3.05, 3.63) is 0 Å². The Bertz CT molecular complexity index is 260. The molecule has 0 unspecified atom stereocenters. The average molecular weight is 289 g/mol. The Balaban J connectivity index is 5.03. The van der Waals surface area contributed by atoms with E-state index in [0.29, 0.717) is 0 Å². The van der Waals surface area contributed by atoms with E-state index < -0.39 is 29.8 Å². The SMILES string of the molecule is COCCOC(=O)C(Cl)(C(F)(F)F)C(F)(F)F. The summed E-state index contributed by atoms with van der Waals surface area (Å²) in [4.78, 5) is 5.72. The molecule has 0 bridgehead atoms. The summed E-state index contributed by atoms with van der Waals surface area (Å²) < 4.78 is 81.1. The molecule has 0 heterocycles. The van der Waals surface area contributed by atoms with Crippen LogP contribution in [0.25, 0.3) is 0 Å². The van der Waals surface area contributed by atoms with Crippen LogP contribution in [0.4, 0.5) is 26.3 Å². The Morgan fingerprint density at radius 1 is 1.06 bits per heavy atom. The number of hydrogen-bond acceptors (Lipinski definition) is 3. The summed E-state index contributed by atoms with van der Waals surface area (Å²) in [5, 5.41) is 0. The highest BCUT2D eigenvalue weighted by atomic mass is 35.5. The zero-order valence-corrected chi connectivity index (χ0v) is 9.04. The molecule has 0 fully saturated rings. The summed E-state index contributed by atoms with van der Waals surface area (Å²) >= 11 is 4.36. The molecule has 102 valence electrons. The van der Waals surface area contributed by atoms with Crippen molar-refractivity contribution in [1.29, 1.82) is 0 Å². The van der Waals surface area contributed by atoms with Crippen molar-refractivity contribution in [3.63, 3.8) is 0 Å². The van der Waals surface area contributed by atoms with Crippen molar-refractivity contribution >= 4 is 17.6 Å². The highest BCUT2D eigenvalue weighted by Crippen LogP contribution is 2.48. The van der Waals surface area contributed by atoms with Crippen molar-refractivity contribution in [1.82, 2.24) is 0 Å². The molecule has 0 aliphatic heterocycles. The fraction of sp³-hybridized carbons (Fsp3) is 0.857. The van der Waals surface area contributed by atoms with Crippen molar-refractivity contribution in [2.75, 3.05) is 20.3 Å². The molecule has 0 aromatic rings. The third-order valence-electron chi connectivity index (χ3n) is 1.58. The standard InChI is InChI=1S/C7H7ClF6O3/c1-16-2-3-17-4(15)5(8,6(9,10)11)7(12,13)14/h2-3H2,1H3. The van der Waals surface area contributed by atoms with E-state index in [4.69, 9.17) is 0 Å². The van der Waals surface area contributed by atoms with E-state index in [-0.39, 0.29) is 6.61 Å². The van der Waals surface area contributed by atoms with E-state index in [1.165, 1.54) is 0 Å². The lowest BCUT2D eigenvalue weighted by atomic mass is 10.1. The average Bonchev–Trinajstić information content (AvgIpc) is 2.13. The summed E-state index contributed by atoms with van der Waals surface area (Å²) in [7, 11) is 1.12. The molecule has 0 spiro atoms. The first-order valence-corrected chi connectivity index (χ1v) is 4.34. The molecule has 0 aromatic heterocycles. The van der Waals surface area contributed by atoms with E-state index in [9.17, 15) is 31.1 Å². The van der Waals surface area contributed by atoms with Crippen molar-refractivity contribution in [2.45, 2.75) is 17.2 Å². The fourth-order valence-electron chi connectivity index (χ4n) is 0.709. The molecule has 0 saturated carbocycles. The molecule has 0 aromatic carbocycles. The molecule has 0 radical (unpaired) electrons. The van der Waals surface area contributed by atoms with Crippen molar-refractivity contribution < 1.29 is 40.6 Å². The van der Waals surface area contributed by atoms with Gasteiger partial charge in [0, 0.05) is 7.11 Å². The van der Waals surface area contributed by atoms with Gasteiger partial charge in [-0.1, -0.05) is 11.6 Å². The zero-order valence-electron chi connectivity index (χ0n) is 8.28. The second-order valence-electron chi connectivity index (χ2n) is 2.78. The minimum Gasteiger partial charge on any atom is -0.461 e. The quantitative estimate of drug-likeness (QED) is 0.345. The maximum absolute atomic E-state index is 12.2. The van der Waals surface area contributed by atoms with Crippen LogP contribution in [0.2, 0.25) is 0 Å². The second-order valence-corrected chi connectivity index (χ2v) is 3.35. The van der Waals surface area contributed by atoms with Crippen LogP contribution < -0.4 is 0 Å². The predicted molar refractivity (Wildman–Crippen MR) is 43.5 cm³/mol. The lowest BCUT2D eigenvalue weighted by Crippen LogP contribution is -2.58. The van der Waals surface area contributed by atoms with Gasteiger partial charge in [0.1, 0.15) is 6.61 Å². The number of rotatable bonds is 4. The molecule has 0 atom stereocenters. The van der Waals surface area contributed by atoms with Crippen LogP contribution in [-0.2, 0) is 14.3 Å². The number of carbonyl (C=O) groups is 1. The van der Waals surface area contributed by atoms with Crippen LogP contribution in [0, 0.1) is 0 Å². The number of alkyl halides is 7. The predicted octanol–water partition coefficient (Wildman–Crippen LogP) is 2.28. The van der Waals surface area contributed by atoms with Crippen LogP contribution >= 0.6 is 11.6 Å². The maximum atomic E-state index is 12.2. The van der Waals surface area contributed by atoms with Crippen LogP contribution in [0.1, 0.15) is 0 Å². The first kappa shape index (κ1) is 16.3. The minimum absolute atomic E-state index is 0.353. The molecule has 0 N–H and O–H groups in total. The summed E-state index contributed by atoms with van der Waals surface area (Å²) in [5.74, 6) is -2.63. The number of carbonyl (C=O) groups excluding carboxylic acids is 1. The number of esters is 1. The van der Waals surface area contributed by atoms with Gasteiger partial charge in [-0.15, -0.1) is 0 Å². The number of methoxy groups -OCH3 is 1. The van der Waals surface area contributed by atoms with Gasteiger partial charge in [0.15, 0.2) is 0 Å². The van der Waals surface area contributed by atoms with Gasteiger partial charge in [-0.3, -0.25) is 0 Å². The largest absolute Gasteiger partial charge is 0.461 e. The summed E-state index contributed by atoms with van der Waals surface area (Å²) in [6.07, 6.45) is -12.0. The van der Waals surface area contributed by atoms with Gasteiger partial charge in [-0.05, 0) is 0 Å². The Morgan fingerprint density at radius 3 is 1.76 bits per heavy atom. The van der Waals surface area contributed by atoms with Crippen molar-refractivity contribution in [3.8, 4) is 0 Å². The second kappa shape index (κ2) is 5.30. The maximum Gasteiger partial charge on any atom is 0.427 e. The molecule has 0 amide bonds. The van der Waals surface area contributed by atoms with E-state index in [0.717, 1.165) is 7.11 Å². The van der Waals surface area contributed by atoms with Gasteiger partial charge in [0.25, 0.3) is 0 Å². The third-order valence-corrected chi connectivity index (χ3v) is 2.17. The van der Waals surface area contributed by atoms with Gasteiger partial charge in [0.2, 0.25) is 0 Å². The van der Waals surface area contributed by atoms with Gasteiger partial charge in [-0.2, -0.15) is 26.3 Å². The van der Waals surface area contributed by atoms with E-state index in [1.54, 1.807) is 0 Å². The van der Waals surface area contributed by atoms with E-state index >= 15 is 0 Å². The van der Waals surface area contributed by atoms with Crippen LogP contribution in [0.5, 0.6) is 0 Å². The highest BCUT2D eigenvalue weighted by molar-refractivity contribution is 6.35. The number of hydrogen-bond donors (Lipinski definition) is 0. The minimum atomic E-state index is -6.02. The Kier molecular flexibility index (Phi) is 5.08. The molecule has 0 rings (SSSR count). The molecule has 10 heteroatoms. The van der Waals surface area contributed by atoms with E-state index in [2.05, 4.69) is 21.1 Å². The Hall–Kier alpha value is -0.700. The lowest BCUT2D eigenvalue weighted by molar-refractivity contribution is -0.268.